The fraction of sp³-hybridized carbons (Fsp3) is 0.800. The number of amides is 1. The Morgan fingerprint density at radius 1 is 1.19 bits per heavy atom. The second kappa shape index (κ2) is 7.78. The van der Waals surface area contributed by atoms with E-state index < -0.39 is 0 Å². The van der Waals surface area contributed by atoms with Gasteiger partial charge in [-0.2, -0.15) is 0 Å². The van der Waals surface area contributed by atoms with Gasteiger partial charge in [0.05, 0.1) is 18.6 Å². The maximum Gasteiger partial charge on any atom is 0.230 e. The summed E-state index contributed by atoms with van der Waals surface area (Å²) < 4.78 is 5.32. The third kappa shape index (κ3) is 3.33. The van der Waals surface area contributed by atoms with Gasteiger partial charge in [0.25, 0.3) is 0 Å². The first-order valence-corrected chi connectivity index (χ1v) is 11.1. The summed E-state index contributed by atoms with van der Waals surface area (Å²) in [5, 5.41) is 3.25. The minimum absolute atomic E-state index is 0.126. The van der Waals surface area contributed by atoms with Crippen LogP contribution in [-0.4, -0.2) is 85.1 Å². The molecule has 3 saturated heterocycles. The van der Waals surface area contributed by atoms with Crippen LogP contribution in [0.4, 0.5) is 0 Å². The van der Waals surface area contributed by atoms with Gasteiger partial charge in [0.15, 0.2) is 0 Å². The molecule has 7 heteroatoms. The molecule has 150 valence electrons. The predicted octanol–water partition coefficient (Wildman–Crippen LogP) is 1.93. The lowest BCUT2D eigenvalue weighted by Crippen LogP contribution is -2.52. The predicted molar refractivity (Wildman–Crippen MR) is 107 cm³/mol. The first-order valence-electron chi connectivity index (χ1n) is 10.2. The normalized spacial score (nSPS) is 28.8. The average molecular weight is 393 g/mol. The SMILES string of the molecule is CCN1CCC2(CN(CCOC)CC23CCN(Cc2nccs2)CC3)C1=O. The second-order valence-electron chi connectivity index (χ2n) is 8.40. The van der Waals surface area contributed by atoms with Crippen LogP contribution in [-0.2, 0) is 16.1 Å². The molecule has 1 atom stereocenters. The summed E-state index contributed by atoms with van der Waals surface area (Å²) in [4.78, 5) is 25.0. The Hall–Kier alpha value is -1.02. The van der Waals surface area contributed by atoms with Crippen molar-refractivity contribution < 1.29 is 9.53 Å². The smallest absolute Gasteiger partial charge is 0.230 e. The molecule has 6 nitrogen and oxygen atoms in total. The molecule has 27 heavy (non-hydrogen) atoms. The van der Waals surface area contributed by atoms with E-state index in [0.717, 1.165) is 78.2 Å². The van der Waals surface area contributed by atoms with Crippen molar-refractivity contribution in [2.24, 2.45) is 10.8 Å². The number of carbonyl (C=O) groups excluding carboxylic acids is 1. The van der Waals surface area contributed by atoms with Crippen molar-refractivity contribution in [2.75, 3.05) is 59.5 Å². The largest absolute Gasteiger partial charge is 0.383 e. The molecular formula is C20H32N4O2S. The number of carbonyl (C=O) groups is 1. The monoisotopic (exact) mass is 392 g/mol. The molecule has 3 fully saturated rings. The van der Waals surface area contributed by atoms with Gasteiger partial charge in [0.2, 0.25) is 5.91 Å². The molecule has 4 heterocycles. The molecule has 1 aromatic rings. The molecule has 1 unspecified atom stereocenters. The highest BCUT2D eigenvalue weighted by molar-refractivity contribution is 7.09. The summed E-state index contributed by atoms with van der Waals surface area (Å²) in [6.45, 7) is 10.6. The van der Waals surface area contributed by atoms with Gasteiger partial charge in [0, 0.05) is 56.8 Å². The number of aromatic nitrogens is 1. The quantitative estimate of drug-likeness (QED) is 0.740. The van der Waals surface area contributed by atoms with E-state index in [4.69, 9.17) is 4.74 Å². The van der Waals surface area contributed by atoms with Crippen molar-refractivity contribution >= 4 is 17.2 Å². The standard InChI is InChI=1S/C20H32N4O2S/c1-3-24-10-6-20(18(24)25)16-23(11-12-26-2)15-19(20)4-8-22(9-5-19)14-17-21-7-13-27-17/h7,13H,3-6,8-12,14-16H2,1-2H3. The number of nitrogens with zero attached hydrogens (tertiary/aromatic N) is 4. The number of rotatable bonds is 6. The fourth-order valence-electron chi connectivity index (χ4n) is 5.64. The highest BCUT2D eigenvalue weighted by Gasteiger charge is 2.64. The van der Waals surface area contributed by atoms with Gasteiger partial charge < -0.3 is 9.64 Å². The third-order valence-electron chi connectivity index (χ3n) is 7.19. The van der Waals surface area contributed by atoms with Gasteiger partial charge in [0.1, 0.15) is 5.01 Å². The highest BCUT2D eigenvalue weighted by Crippen LogP contribution is 2.57. The molecule has 0 radical (unpaired) electrons. The van der Waals surface area contributed by atoms with Crippen LogP contribution < -0.4 is 0 Å². The van der Waals surface area contributed by atoms with Crippen LogP contribution in [0, 0.1) is 10.8 Å². The molecule has 4 rings (SSSR count). The van der Waals surface area contributed by atoms with Crippen molar-refractivity contribution in [1.29, 1.82) is 0 Å². The topological polar surface area (TPSA) is 48.9 Å². The zero-order valence-electron chi connectivity index (χ0n) is 16.7. The summed E-state index contributed by atoms with van der Waals surface area (Å²) >= 11 is 1.74. The van der Waals surface area contributed by atoms with Crippen LogP contribution in [0.1, 0.15) is 31.2 Å². The number of piperidine rings is 1. The first-order chi connectivity index (χ1) is 13.1. The summed E-state index contributed by atoms with van der Waals surface area (Å²) in [7, 11) is 1.76. The van der Waals surface area contributed by atoms with E-state index in [2.05, 4.69) is 32.0 Å². The van der Waals surface area contributed by atoms with Crippen molar-refractivity contribution in [3.8, 4) is 0 Å². The number of ether oxygens (including phenoxy) is 1. The number of fused-ring (bicyclic) bond motifs is 1. The third-order valence-corrected chi connectivity index (χ3v) is 7.95. The summed E-state index contributed by atoms with van der Waals surface area (Å²) in [5.74, 6) is 0.415. The molecule has 1 aromatic heterocycles. The van der Waals surface area contributed by atoms with E-state index in [-0.39, 0.29) is 10.8 Å². The van der Waals surface area contributed by atoms with E-state index >= 15 is 0 Å². The second-order valence-corrected chi connectivity index (χ2v) is 9.38. The van der Waals surface area contributed by atoms with Gasteiger partial charge in [-0.05, 0) is 39.3 Å². The lowest BCUT2D eigenvalue weighted by Gasteiger charge is -2.47. The summed E-state index contributed by atoms with van der Waals surface area (Å²) in [5.41, 5.74) is -0.0504. The molecule has 1 amide bonds. The van der Waals surface area contributed by atoms with E-state index in [9.17, 15) is 4.79 Å². The maximum absolute atomic E-state index is 13.4. The first kappa shape index (κ1) is 19.3. The van der Waals surface area contributed by atoms with Crippen molar-refractivity contribution in [2.45, 2.75) is 32.7 Å². The van der Waals surface area contributed by atoms with Gasteiger partial charge in [-0.15, -0.1) is 11.3 Å². The molecule has 0 aliphatic carbocycles. The van der Waals surface area contributed by atoms with E-state index in [1.165, 1.54) is 5.01 Å². The van der Waals surface area contributed by atoms with Crippen molar-refractivity contribution in [1.82, 2.24) is 19.7 Å². The Morgan fingerprint density at radius 3 is 2.63 bits per heavy atom. The Kier molecular flexibility index (Phi) is 5.56. The Morgan fingerprint density at radius 2 is 2.00 bits per heavy atom. The van der Waals surface area contributed by atoms with Crippen LogP contribution in [0.25, 0.3) is 0 Å². The van der Waals surface area contributed by atoms with Crippen LogP contribution in [0.15, 0.2) is 11.6 Å². The number of hydrogen-bond acceptors (Lipinski definition) is 6. The maximum atomic E-state index is 13.4. The molecule has 0 saturated carbocycles. The number of methoxy groups -OCH3 is 1. The van der Waals surface area contributed by atoms with E-state index in [1.807, 2.05) is 6.20 Å². The van der Waals surface area contributed by atoms with E-state index in [0.29, 0.717) is 5.91 Å². The van der Waals surface area contributed by atoms with Crippen LogP contribution in [0.2, 0.25) is 0 Å². The van der Waals surface area contributed by atoms with Crippen LogP contribution in [0.5, 0.6) is 0 Å². The summed E-state index contributed by atoms with van der Waals surface area (Å²) in [6, 6.07) is 0. The van der Waals surface area contributed by atoms with Gasteiger partial charge >= 0.3 is 0 Å². The van der Waals surface area contributed by atoms with Gasteiger partial charge in [-0.25, -0.2) is 4.98 Å². The number of thiazole rings is 1. The Balaban J connectivity index is 1.51. The van der Waals surface area contributed by atoms with Gasteiger partial charge in [-0.3, -0.25) is 14.6 Å². The zero-order chi connectivity index (χ0) is 18.9. The molecule has 2 spiro atoms. The minimum atomic E-state index is -0.177. The van der Waals surface area contributed by atoms with Crippen LogP contribution >= 0.6 is 11.3 Å². The molecule has 0 bridgehead atoms. The lowest BCUT2D eigenvalue weighted by molar-refractivity contribution is -0.142. The number of hydrogen-bond donors (Lipinski definition) is 0. The average Bonchev–Trinajstić information content (AvgIpc) is 3.37. The zero-order valence-corrected chi connectivity index (χ0v) is 17.5. The minimum Gasteiger partial charge on any atom is -0.383 e. The Bertz CT molecular complexity index is 644. The lowest BCUT2D eigenvalue weighted by atomic mass is 9.60. The van der Waals surface area contributed by atoms with Gasteiger partial charge in [-0.1, -0.05) is 0 Å². The van der Waals surface area contributed by atoms with Crippen molar-refractivity contribution in [3.05, 3.63) is 16.6 Å². The molecule has 0 N–H and O–H groups in total. The number of likely N-dealkylation sites (tertiary alicyclic amines) is 3. The molecule has 3 aliphatic rings. The summed E-state index contributed by atoms with van der Waals surface area (Å²) in [6.07, 6.45) is 5.15. The van der Waals surface area contributed by atoms with E-state index in [1.54, 1.807) is 18.4 Å². The fourth-order valence-corrected chi connectivity index (χ4v) is 6.30. The highest BCUT2D eigenvalue weighted by atomic mass is 32.1. The van der Waals surface area contributed by atoms with Crippen molar-refractivity contribution in [3.63, 3.8) is 0 Å². The molecular weight excluding hydrogens is 360 g/mol. The molecule has 0 aromatic carbocycles. The molecule has 3 aliphatic heterocycles. The van der Waals surface area contributed by atoms with Crippen LogP contribution in [0.3, 0.4) is 0 Å². The Labute approximate surface area is 166 Å².